The Hall–Kier alpha value is -2.05. The molecule has 0 N–H and O–H groups in total. The van der Waals surface area contributed by atoms with E-state index < -0.39 is 19.7 Å². The van der Waals surface area contributed by atoms with Gasteiger partial charge in [-0.2, -0.15) is 5.10 Å². The molecule has 3 aromatic rings. The SMILES string of the molecule is C[Si](C)(C)CCOCn1ncc2ccc(-c3cc(F)cc(F)c3)cc21. The van der Waals surface area contributed by atoms with Crippen LogP contribution >= 0.6 is 0 Å². The highest BCUT2D eigenvalue weighted by molar-refractivity contribution is 6.76. The molecule has 132 valence electrons. The fraction of sp³-hybridized carbons (Fsp3) is 0.316. The van der Waals surface area contributed by atoms with E-state index in [0.717, 1.165) is 28.6 Å². The average molecular weight is 360 g/mol. The first-order valence-electron chi connectivity index (χ1n) is 8.32. The van der Waals surface area contributed by atoms with Crippen molar-refractivity contribution in [1.29, 1.82) is 0 Å². The molecule has 2 aromatic carbocycles. The fourth-order valence-electron chi connectivity index (χ4n) is 2.60. The third-order valence-electron chi connectivity index (χ3n) is 4.05. The zero-order chi connectivity index (χ0) is 18.0. The normalized spacial score (nSPS) is 12.0. The zero-order valence-electron chi connectivity index (χ0n) is 14.7. The lowest BCUT2D eigenvalue weighted by molar-refractivity contribution is 0.0817. The molecule has 3 rings (SSSR count). The first-order valence-corrected chi connectivity index (χ1v) is 12.0. The molecule has 0 atom stereocenters. The van der Waals surface area contributed by atoms with Crippen LogP contribution in [0.3, 0.4) is 0 Å². The summed E-state index contributed by atoms with van der Waals surface area (Å²) < 4.78 is 34.5. The number of benzene rings is 2. The predicted molar refractivity (Wildman–Crippen MR) is 99.2 cm³/mol. The maximum Gasteiger partial charge on any atom is 0.139 e. The lowest BCUT2D eigenvalue weighted by atomic mass is 10.0. The van der Waals surface area contributed by atoms with Crippen LogP contribution in [0.1, 0.15) is 0 Å². The second kappa shape index (κ2) is 7.05. The molecule has 0 spiro atoms. The maximum absolute atomic E-state index is 13.5. The molecule has 1 heterocycles. The molecule has 0 aliphatic carbocycles. The van der Waals surface area contributed by atoms with Crippen molar-refractivity contribution >= 4 is 19.0 Å². The van der Waals surface area contributed by atoms with Crippen LogP contribution in [0.5, 0.6) is 0 Å². The summed E-state index contributed by atoms with van der Waals surface area (Å²) in [6.07, 6.45) is 1.77. The van der Waals surface area contributed by atoms with E-state index in [1.54, 1.807) is 10.9 Å². The number of aromatic nitrogens is 2. The van der Waals surface area contributed by atoms with E-state index in [4.69, 9.17) is 4.74 Å². The van der Waals surface area contributed by atoms with Gasteiger partial charge in [-0.1, -0.05) is 31.8 Å². The summed E-state index contributed by atoms with van der Waals surface area (Å²) in [5.74, 6) is -1.17. The third kappa shape index (κ3) is 4.52. The van der Waals surface area contributed by atoms with Crippen LogP contribution in [0, 0.1) is 11.6 Å². The second-order valence-corrected chi connectivity index (χ2v) is 13.0. The molecule has 0 radical (unpaired) electrons. The van der Waals surface area contributed by atoms with Gasteiger partial charge in [0.25, 0.3) is 0 Å². The molecule has 0 fully saturated rings. The Morgan fingerprint density at radius 3 is 2.40 bits per heavy atom. The minimum absolute atomic E-state index is 0.370. The van der Waals surface area contributed by atoms with E-state index in [0.29, 0.717) is 18.9 Å². The van der Waals surface area contributed by atoms with E-state index in [9.17, 15) is 8.78 Å². The third-order valence-corrected chi connectivity index (χ3v) is 5.75. The molecule has 0 aliphatic rings. The largest absolute Gasteiger partial charge is 0.360 e. The van der Waals surface area contributed by atoms with E-state index >= 15 is 0 Å². The minimum atomic E-state index is -1.12. The van der Waals surface area contributed by atoms with Crippen molar-refractivity contribution in [3.05, 3.63) is 54.2 Å². The van der Waals surface area contributed by atoms with Crippen molar-refractivity contribution in [2.45, 2.75) is 32.4 Å². The molecule has 0 saturated heterocycles. The zero-order valence-corrected chi connectivity index (χ0v) is 15.7. The topological polar surface area (TPSA) is 27.1 Å². The summed E-state index contributed by atoms with van der Waals surface area (Å²) in [5, 5.41) is 5.32. The van der Waals surface area contributed by atoms with Gasteiger partial charge in [-0.15, -0.1) is 0 Å². The molecule has 0 amide bonds. The molecule has 3 nitrogen and oxygen atoms in total. The van der Waals surface area contributed by atoms with E-state index in [-0.39, 0.29) is 0 Å². The Bertz CT molecular complexity index is 867. The molecular formula is C19H22F2N2OSi. The van der Waals surface area contributed by atoms with Gasteiger partial charge in [0.15, 0.2) is 0 Å². The van der Waals surface area contributed by atoms with Gasteiger partial charge in [0.1, 0.15) is 18.4 Å². The van der Waals surface area contributed by atoms with Crippen LogP contribution in [-0.4, -0.2) is 24.5 Å². The number of nitrogens with zero attached hydrogens (tertiary/aromatic N) is 2. The highest BCUT2D eigenvalue weighted by Crippen LogP contribution is 2.26. The first kappa shape index (κ1) is 17.8. The standard InChI is InChI=1S/C19H22F2N2OSi/c1-25(2,3)7-6-24-13-23-19-10-14(4-5-15(19)12-22-23)16-8-17(20)11-18(21)9-16/h4-5,8-12H,6-7,13H2,1-3H3. The average Bonchev–Trinajstić information content (AvgIpc) is 2.92. The summed E-state index contributed by atoms with van der Waals surface area (Å²) in [7, 11) is -1.12. The number of hydrogen-bond donors (Lipinski definition) is 0. The van der Waals surface area contributed by atoms with Crippen molar-refractivity contribution < 1.29 is 13.5 Å². The lowest BCUT2D eigenvalue weighted by Gasteiger charge is -2.15. The van der Waals surface area contributed by atoms with Gasteiger partial charge in [-0.25, -0.2) is 13.5 Å². The van der Waals surface area contributed by atoms with E-state index in [1.165, 1.54) is 12.1 Å². The summed E-state index contributed by atoms with van der Waals surface area (Å²) >= 11 is 0. The fourth-order valence-corrected chi connectivity index (χ4v) is 3.36. The monoisotopic (exact) mass is 360 g/mol. The Labute approximate surface area is 147 Å². The predicted octanol–water partition coefficient (Wildman–Crippen LogP) is 5.29. The number of hydrogen-bond acceptors (Lipinski definition) is 2. The molecule has 1 aromatic heterocycles. The molecule has 6 heteroatoms. The van der Waals surface area contributed by atoms with Crippen molar-refractivity contribution in [2.75, 3.05) is 6.61 Å². The van der Waals surface area contributed by atoms with Gasteiger partial charge in [0.2, 0.25) is 0 Å². The van der Waals surface area contributed by atoms with Gasteiger partial charge >= 0.3 is 0 Å². The Morgan fingerprint density at radius 1 is 1.00 bits per heavy atom. The molecule has 25 heavy (non-hydrogen) atoms. The smallest absolute Gasteiger partial charge is 0.139 e. The first-order chi connectivity index (χ1) is 11.8. The van der Waals surface area contributed by atoms with Crippen molar-refractivity contribution in [3.8, 4) is 11.1 Å². The number of ether oxygens (including phenoxy) is 1. The summed E-state index contributed by atoms with van der Waals surface area (Å²) in [5.41, 5.74) is 2.14. The summed E-state index contributed by atoms with van der Waals surface area (Å²) in [4.78, 5) is 0. The Morgan fingerprint density at radius 2 is 1.72 bits per heavy atom. The number of rotatable bonds is 6. The molecular weight excluding hydrogens is 338 g/mol. The highest BCUT2D eigenvalue weighted by atomic mass is 28.3. The van der Waals surface area contributed by atoms with E-state index in [2.05, 4.69) is 24.7 Å². The van der Waals surface area contributed by atoms with Crippen LogP contribution < -0.4 is 0 Å². The van der Waals surface area contributed by atoms with Crippen molar-refractivity contribution in [2.24, 2.45) is 0 Å². The Balaban J connectivity index is 1.82. The minimum Gasteiger partial charge on any atom is -0.360 e. The van der Waals surface area contributed by atoms with Crippen molar-refractivity contribution in [3.63, 3.8) is 0 Å². The second-order valence-electron chi connectivity index (χ2n) is 7.42. The quantitative estimate of drug-likeness (QED) is 0.441. The molecule has 0 bridgehead atoms. The Kier molecular flexibility index (Phi) is 5.01. The van der Waals surface area contributed by atoms with Crippen LogP contribution in [0.2, 0.25) is 25.7 Å². The van der Waals surface area contributed by atoms with Gasteiger partial charge in [0, 0.05) is 26.1 Å². The maximum atomic E-state index is 13.5. The highest BCUT2D eigenvalue weighted by Gasteiger charge is 2.12. The summed E-state index contributed by atoms with van der Waals surface area (Å²) in [6, 6.07) is 10.3. The molecule has 0 aliphatic heterocycles. The molecule has 0 unspecified atom stereocenters. The number of fused-ring (bicyclic) bond motifs is 1. The van der Waals surface area contributed by atoms with Gasteiger partial charge in [0.05, 0.1) is 11.7 Å². The van der Waals surface area contributed by atoms with Crippen molar-refractivity contribution in [1.82, 2.24) is 9.78 Å². The van der Waals surface area contributed by atoms with Gasteiger partial charge < -0.3 is 4.74 Å². The summed E-state index contributed by atoms with van der Waals surface area (Å²) in [6.45, 7) is 8.01. The van der Waals surface area contributed by atoms with Crippen LogP contribution in [0.25, 0.3) is 22.0 Å². The lowest BCUT2D eigenvalue weighted by Crippen LogP contribution is -2.22. The van der Waals surface area contributed by atoms with Crippen LogP contribution in [0.4, 0.5) is 8.78 Å². The van der Waals surface area contributed by atoms with E-state index in [1.807, 2.05) is 18.2 Å². The molecule has 0 saturated carbocycles. The number of halogens is 2. The van der Waals surface area contributed by atoms with Crippen LogP contribution in [0.15, 0.2) is 42.6 Å². The van der Waals surface area contributed by atoms with Gasteiger partial charge in [-0.05, 0) is 35.4 Å². The van der Waals surface area contributed by atoms with Gasteiger partial charge in [-0.3, -0.25) is 0 Å². The van der Waals surface area contributed by atoms with Crippen LogP contribution in [-0.2, 0) is 11.5 Å².